The molecule has 0 fully saturated rings. The zero-order chi connectivity index (χ0) is 14.9. The number of hydrogen-bond donors (Lipinski definition) is 2. The molecular formula is C11H8F4N4O. The maximum absolute atomic E-state index is 13.0. The lowest BCUT2D eigenvalue weighted by atomic mass is 10.2. The maximum atomic E-state index is 13.0. The van der Waals surface area contributed by atoms with Gasteiger partial charge < -0.3 is 0 Å². The Morgan fingerprint density at radius 3 is 2.35 bits per heavy atom. The van der Waals surface area contributed by atoms with E-state index in [0.717, 1.165) is 30.5 Å². The molecule has 106 valence electrons. The summed E-state index contributed by atoms with van der Waals surface area (Å²) in [5, 5.41) is 3.51. The van der Waals surface area contributed by atoms with Crippen molar-refractivity contribution in [1.82, 2.24) is 15.2 Å². The second kappa shape index (κ2) is 4.93. The second-order valence-electron chi connectivity index (χ2n) is 3.77. The minimum atomic E-state index is -4.83. The van der Waals surface area contributed by atoms with Gasteiger partial charge in [0.25, 0.3) is 5.91 Å². The summed E-state index contributed by atoms with van der Waals surface area (Å²) in [5.41, 5.74) is -0.421. The summed E-state index contributed by atoms with van der Waals surface area (Å²) in [7, 11) is 0. The smallest absolute Gasteiger partial charge is 0.290 e. The molecule has 1 amide bonds. The fourth-order valence-corrected chi connectivity index (χ4v) is 1.64. The van der Waals surface area contributed by atoms with Crippen molar-refractivity contribution in [1.29, 1.82) is 0 Å². The number of nitrogens with two attached hydrogens (primary N) is 1. The van der Waals surface area contributed by atoms with Crippen molar-refractivity contribution >= 4 is 5.91 Å². The van der Waals surface area contributed by atoms with Crippen molar-refractivity contribution < 1.29 is 22.4 Å². The van der Waals surface area contributed by atoms with Crippen molar-refractivity contribution in [3.63, 3.8) is 0 Å². The third-order valence-corrected chi connectivity index (χ3v) is 2.48. The van der Waals surface area contributed by atoms with Gasteiger partial charge in [0.05, 0.1) is 17.4 Å². The average Bonchev–Trinajstić information content (AvgIpc) is 2.83. The summed E-state index contributed by atoms with van der Waals surface area (Å²) in [6.45, 7) is 0. The van der Waals surface area contributed by atoms with Crippen LogP contribution in [0.5, 0.6) is 0 Å². The molecule has 5 nitrogen and oxygen atoms in total. The fourth-order valence-electron chi connectivity index (χ4n) is 1.64. The third kappa shape index (κ3) is 2.48. The first kappa shape index (κ1) is 14.0. The number of hydrazine groups is 1. The van der Waals surface area contributed by atoms with Gasteiger partial charge in [-0.25, -0.2) is 14.9 Å². The van der Waals surface area contributed by atoms with Gasteiger partial charge in [0.15, 0.2) is 5.69 Å². The van der Waals surface area contributed by atoms with Crippen LogP contribution in [0.4, 0.5) is 17.6 Å². The Labute approximate surface area is 110 Å². The van der Waals surface area contributed by atoms with Crippen molar-refractivity contribution in [3.8, 4) is 5.69 Å². The van der Waals surface area contributed by atoms with Crippen LogP contribution in [0.2, 0.25) is 0 Å². The highest BCUT2D eigenvalue weighted by molar-refractivity contribution is 5.95. The van der Waals surface area contributed by atoms with Gasteiger partial charge in [0.1, 0.15) is 5.82 Å². The summed E-state index contributed by atoms with van der Waals surface area (Å²) in [6, 6.07) is 4.20. The van der Waals surface area contributed by atoms with Crippen LogP contribution in [0.1, 0.15) is 16.1 Å². The molecule has 0 aliphatic carbocycles. The van der Waals surface area contributed by atoms with Gasteiger partial charge in [0.2, 0.25) is 0 Å². The van der Waals surface area contributed by atoms with Gasteiger partial charge in [-0.15, -0.1) is 0 Å². The molecular weight excluding hydrogens is 280 g/mol. The molecule has 0 bridgehead atoms. The standard InChI is InChI=1S/C11H8F4N4O/c12-6-1-3-7(4-2-6)19-9(11(13,14)15)8(5-17-19)10(20)18-16/h1-5H,16H2,(H,18,20). The van der Waals surface area contributed by atoms with Crippen LogP contribution < -0.4 is 11.3 Å². The molecule has 0 radical (unpaired) electrons. The van der Waals surface area contributed by atoms with Crippen LogP contribution >= 0.6 is 0 Å². The van der Waals surface area contributed by atoms with Crippen LogP contribution in [0.25, 0.3) is 5.69 Å². The molecule has 2 rings (SSSR count). The monoisotopic (exact) mass is 288 g/mol. The molecule has 9 heteroatoms. The van der Waals surface area contributed by atoms with Crippen LogP contribution in [-0.2, 0) is 6.18 Å². The Balaban J connectivity index is 2.62. The second-order valence-corrected chi connectivity index (χ2v) is 3.77. The normalized spacial score (nSPS) is 11.4. The van der Waals surface area contributed by atoms with Gasteiger partial charge in [-0.1, -0.05) is 0 Å². The average molecular weight is 288 g/mol. The first-order chi connectivity index (χ1) is 9.34. The van der Waals surface area contributed by atoms with E-state index in [4.69, 9.17) is 5.84 Å². The number of rotatable bonds is 2. The predicted octanol–water partition coefficient (Wildman–Crippen LogP) is 1.63. The number of aromatic nitrogens is 2. The summed E-state index contributed by atoms with van der Waals surface area (Å²) in [4.78, 5) is 11.3. The van der Waals surface area contributed by atoms with Crippen molar-refractivity contribution in [2.24, 2.45) is 5.84 Å². The Hall–Kier alpha value is -2.42. The molecule has 1 aromatic carbocycles. The van der Waals surface area contributed by atoms with Crippen LogP contribution in [-0.4, -0.2) is 15.7 Å². The number of nitrogens with zero attached hydrogens (tertiary/aromatic N) is 2. The Morgan fingerprint density at radius 2 is 1.85 bits per heavy atom. The number of alkyl halides is 3. The molecule has 0 spiro atoms. The van der Waals surface area contributed by atoms with E-state index < -0.39 is 29.2 Å². The fraction of sp³-hybridized carbons (Fsp3) is 0.0909. The maximum Gasteiger partial charge on any atom is 0.434 e. The summed E-state index contributed by atoms with van der Waals surface area (Å²) >= 11 is 0. The number of carbonyl (C=O) groups excluding carboxylic acids is 1. The van der Waals surface area contributed by atoms with Crippen molar-refractivity contribution in [2.75, 3.05) is 0 Å². The highest BCUT2D eigenvalue weighted by Crippen LogP contribution is 2.33. The van der Waals surface area contributed by atoms with Gasteiger partial charge in [-0.2, -0.15) is 18.3 Å². The lowest BCUT2D eigenvalue weighted by Gasteiger charge is -2.12. The van der Waals surface area contributed by atoms with Gasteiger partial charge in [-0.3, -0.25) is 10.2 Å². The van der Waals surface area contributed by atoms with Crippen molar-refractivity contribution in [2.45, 2.75) is 6.18 Å². The van der Waals surface area contributed by atoms with Crippen LogP contribution in [0.3, 0.4) is 0 Å². The molecule has 0 aliphatic heterocycles. The predicted molar refractivity (Wildman–Crippen MR) is 60.2 cm³/mol. The largest absolute Gasteiger partial charge is 0.434 e. The number of nitrogen functional groups attached to an aromatic ring is 1. The van der Waals surface area contributed by atoms with E-state index in [1.807, 2.05) is 0 Å². The zero-order valence-corrected chi connectivity index (χ0v) is 9.78. The first-order valence-corrected chi connectivity index (χ1v) is 5.26. The van der Waals surface area contributed by atoms with Crippen molar-refractivity contribution in [3.05, 3.63) is 47.5 Å². The quantitative estimate of drug-likeness (QED) is 0.382. The Morgan fingerprint density at radius 1 is 1.25 bits per heavy atom. The minimum absolute atomic E-state index is 0.0326. The highest BCUT2D eigenvalue weighted by Gasteiger charge is 2.40. The van der Waals surface area contributed by atoms with Gasteiger partial charge in [-0.05, 0) is 24.3 Å². The number of halogens is 4. The highest BCUT2D eigenvalue weighted by atomic mass is 19.4. The number of nitrogens with one attached hydrogen (secondary N) is 1. The molecule has 0 saturated heterocycles. The topological polar surface area (TPSA) is 72.9 Å². The van der Waals surface area contributed by atoms with E-state index in [2.05, 4.69) is 5.10 Å². The van der Waals surface area contributed by atoms with E-state index >= 15 is 0 Å². The first-order valence-electron chi connectivity index (χ1n) is 5.26. The molecule has 0 unspecified atom stereocenters. The van der Waals surface area contributed by atoms with E-state index in [1.165, 1.54) is 0 Å². The summed E-state index contributed by atoms with van der Waals surface area (Å²) in [6.07, 6.45) is -4.08. The molecule has 1 aromatic heterocycles. The molecule has 2 aromatic rings. The molecule has 3 N–H and O–H groups in total. The zero-order valence-electron chi connectivity index (χ0n) is 9.78. The van der Waals surface area contributed by atoms with Crippen LogP contribution in [0, 0.1) is 5.82 Å². The van der Waals surface area contributed by atoms with E-state index in [0.29, 0.717) is 4.68 Å². The molecule has 0 atom stereocenters. The van der Waals surface area contributed by atoms with E-state index in [1.54, 1.807) is 5.43 Å². The third-order valence-electron chi connectivity index (χ3n) is 2.48. The molecule has 0 saturated carbocycles. The summed E-state index contributed by atoms with van der Waals surface area (Å²) in [5.74, 6) is 3.11. The number of benzene rings is 1. The number of carbonyl (C=O) groups is 1. The van der Waals surface area contributed by atoms with Crippen LogP contribution in [0.15, 0.2) is 30.5 Å². The van der Waals surface area contributed by atoms with Gasteiger partial charge in [0, 0.05) is 0 Å². The Kier molecular flexibility index (Phi) is 3.45. The van der Waals surface area contributed by atoms with E-state index in [9.17, 15) is 22.4 Å². The number of amides is 1. The Bertz CT molecular complexity index is 633. The summed E-state index contributed by atoms with van der Waals surface area (Å²) < 4.78 is 52.4. The SMILES string of the molecule is NNC(=O)c1cnn(-c2ccc(F)cc2)c1C(F)(F)F. The van der Waals surface area contributed by atoms with E-state index in [-0.39, 0.29) is 5.69 Å². The van der Waals surface area contributed by atoms with Gasteiger partial charge >= 0.3 is 6.18 Å². The lowest BCUT2D eigenvalue weighted by Crippen LogP contribution is -2.31. The lowest BCUT2D eigenvalue weighted by molar-refractivity contribution is -0.143. The molecule has 0 aliphatic rings. The number of hydrogen-bond acceptors (Lipinski definition) is 3. The molecule has 1 heterocycles. The minimum Gasteiger partial charge on any atom is -0.290 e. The molecule has 20 heavy (non-hydrogen) atoms.